The topological polar surface area (TPSA) is 86.4 Å². The predicted molar refractivity (Wildman–Crippen MR) is 77.7 cm³/mol. The average Bonchev–Trinajstić information content (AvgIpc) is 2.42. The van der Waals surface area contributed by atoms with E-state index in [4.69, 9.17) is 11.6 Å². The second kappa shape index (κ2) is 5.71. The molecule has 7 nitrogen and oxygen atoms in total. The van der Waals surface area contributed by atoms with Crippen molar-refractivity contribution in [2.75, 3.05) is 31.1 Å². The third kappa shape index (κ3) is 2.82. The predicted octanol–water partition coefficient (Wildman–Crippen LogP) is 0.283. The molecule has 0 atom stereocenters. The molecule has 1 saturated heterocycles. The maximum atomic E-state index is 12.1. The van der Waals surface area contributed by atoms with Crippen LogP contribution in [0, 0.1) is 0 Å². The summed E-state index contributed by atoms with van der Waals surface area (Å²) in [4.78, 5) is 13.3. The summed E-state index contributed by atoms with van der Waals surface area (Å²) >= 11 is 5.95. The number of H-pyrrole nitrogens is 1. The zero-order chi connectivity index (χ0) is 14.9. The summed E-state index contributed by atoms with van der Waals surface area (Å²) in [5.74, 6) is 0. The van der Waals surface area contributed by atoms with Gasteiger partial charge in [0.25, 0.3) is 5.56 Å². The van der Waals surface area contributed by atoms with E-state index >= 15 is 0 Å². The quantitative estimate of drug-likeness (QED) is 0.864. The molecule has 2 rings (SSSR count). The Kier molecular flexibility index (Phi) is 4.36. The van der Waals surface area contributed by atoms with Crippen molar-refractivity contribution < 1.29 is 8.42 Å². The molecule has 2 heterocycles. The smallest absolute Gasteiger partial charge is 0.285 e. The first-order chi connectivity index (χ1) is 9.34. The third-order valence-electron chi connectivity index (χ3n) is 3.31. The molecule has 0 saturated carbocycles. The van der Waals surface area contributed by atoms with Crippen molar-refractivity contribution in [1.29, 1.82) is 0 Å². The Labute approximate surface area is 122 Å². The van der Waals surface area contributed by atoms with Crippen LogP contribution in [0.2, 0.25) is 5.02 Å². The van der Waals surface area contributed by atoms with Gasteiger partial charge in [-0.05, 0) is 13.8 Å². The molecule has 112 valence electrons. The van der Waals surface area contributed by atoms with E-state index in [9.17, 15) is 13.2 Å². The van der Waals surface area contributed by atoms with Crippen molar-refractivity contribution in [3.63, 3.8) is 0 Å². The van der Waals surface area contributed by atoms with Gasteiger partial charge in [0.1, 0.15) is 5.02 Å². The summed E-state index contributed by atoms with van der Waals surface area (Å²) in [5.41, 5.74) is 0.0957. The van der Waals surface area contributed by atoms with Gasteiger partial charge >= 0.3 is 0 Å². The van der Waals surface area contributed by atoms with E-state index in [1.54, 1.807) is 13.8 Å². The lowest BCUT2D eigenvalue weighted by Gasteiger charge is -2.36. The third-order valence-corrected chi connectivity index (χ3v) is 5.95. The van der Waals surface area contributed by atoms with Crippen LogP contribution in [0.1, 0.15) is 13.8 Å². The molecule has 0 spiro atoms. The van der Waals surface area contributed by atoms with Crippen LogP contribution in [0.3, 0.4) is 0 Å². The van der Waals surface area contributed by atoms with Gasteiger partial charge in [-0.3, -0.25) is 4.79 Å². The molecule has 9 heteroatoms. The normalized spacial score (nSPS) is 17.7. The number of nitrogens with zero attached hydrogens (tertiary/aromatic N) is 3. The van der Waals surface area contributed by atoms with E-state index in [2.05, 4.69) is 10.2 Å². The second-order valence-electron chi connectivity index (χ2n) is 4.88. The van der Waals surface area contributed by atoms with Gasteiger partial charge in [-0.1, -0.05) is 11.6 Å². The fraction of sp³-hybridized carbons (Fsp3) is 0.636. The number of aromatic nitrogens is 2. The van der Waals surface area contributed by atoms with E-state index in [1.807, 2.05) is 4.90 Å². The Morgan fingerprint density at radius 1 is 1.30 bits per heavy atom. The molecule has 1 aromatic heterocycles. The van der Waals surface area contributed by atoms with E-state index < -0.39 is 20.8 Å². The molecule has 0 bridgehead atoms. The zero-order valence-corrected chi connectivity index (χ0v) is 12.9. The number of hydrogen-bond acceptors (Lipinski definition) is 5. The lowest BCUT2D eigenvalue weighted by Crippen LogP contribution is -2.50. The molecule has 0 aliphatic carbocycles. The summed E-state index contributed by atoms with van der Waals surface area (Å²) in [6.07, 6.45) is 1.48. The molecule has 20 heavy (non-hydrogen) atoms. The van der Waals surface area contributed by atoms with Gasteiger partial charge in [-0.25, -0.2) is 13.5 Å². The molecule has 0 radical (unpaired) electrons. The average molecular weight is 321 g/mol. The lowest BCUT2D eigenvalue weighted by atomic mass is 10.3. The summed E-state index contributed by atoms with van der Waals surface area (Å²) in [7, 11) is -3.23. The fourth-order valence-electron chi connectivity index (χ4n) is 2.08. The highest BCUT2D eigenvalue weighted by molar-refractivity contribution is 7.89. The zero-order valence-electron chi connectivity index (χ0n) is 11.3. The molecule has 1 aliphatic rings. The minimum Gasteiger partial charge on any atom is -0.366 e. The van der Waals surface area contributed by atoms with E-state index in [1.165, 1.54) is 10.5 Å². The van der Waals surface area contributed by atoms with E-state index in [0.29, 0.717) is 31.9 Å². The SMILES string of the molecule is CC(C)S(=O)(=O)N1CCN(c2cn[nH]c(=O)c2Cl)CC1. The van der Waals surface area contributed by atoms with Gasteiger partial charge in [-0.15, -0.1) is 0 Å². The Balaban J connectivity index is 2.13. The maximum absolute atomic E-state index is 12.1. The number of piperazine rings is 1. The van der Waals surface area contributed by atoms with Gasteiger partial charge in [0.05, 0.1) is 17.1 Å². The highest BCUT2D eigenvalue weighted by Gasteiger charge is 2.30. The van der Waals surface area contributed by atoms with Crippen LogP contribution in [0.15, 0.2) is 11.0 Å². The molecule has 1 fully saturated rings. The largest absolute Gasteiger partial charge is 0.366 e. The Hall–Kier alpha value is -1.12. The molecular formula is C11H17ClN4O3S. The second-order valence-corrected chi connectivity index (χ2v) is 7.75. The monoisotopic (exact) mass is 320 g/mol. The minimum atomic E-state index is -3.23. The van der Waals surface area contributed by atoms with Crippen molar-refractivity contribution in [2.45, 2.75) is 19.1 Å². The fourth-order valence-corrected chi connectivity index (χ4v) is 3.56. The number of halogens is 1. The number of nitrogens with one attached hydrogen (secondary N) is 1. The molecule has 0 unspecified atom stereocenters. The number of sulfonamides is 1. The van der Waals surface area contributed by atoms with E-state index in [-0.39, 0.29) is 5.02 Å². The molecule has 1 aromatic rings. The van der Waals surface area contributed by atoms with Crippen molar-refractivity contribution in [2.24, 2.45) is 0 Å². The summed E-state index contributed by atoms with van der Waals surface area (Å²) < 4.78 is 25.6. The van der Waals surface area contributed by atoms with Crippen LogP contribution >= 0.6 is 11.6 Å². The van der Waals surface area contributed by atoms with E-state index in [0.717, 1.165) is 0 Å². The molecule has 1 aliphatic heterocycles. The summed E-state index contributed by atoms with van der Waals surface area (Å²) in [5, 5.41) is 5.63. The van der Waals surface area contributed by atoms with Gasteiger partial charge in [0.2, 0.25) is 10.0 Å². The Morgan fingerprint density at radius 3 is 2.45 bits per heavy atom. The van der Waals surface area contributed by atoms with Crippen LogP contribution in [0.25, 0.3) is 0 Å². The molecule has 0 aromatic carbocycles. The Morgan fingerprint density at radius 2 is 1.90 bits per heavy atom. The van der Waals surface area contributed by atoms with Gasteiger partial charge in [0.15, 0.2) is 0 Å². The first-order valence-corrected chi connectivity index (χ1v) is 8.19. The number of rotatable bonds is 3. The molecule has 0 amide bonds. The van der Waals surface area contributed by atoms with Gasteiger partial charge in [0, 0.05) is 26.2 Å². The van der Waals surface area contributed by atoms with Crippen LogP contribution in [0.5, 0.6) is 0 Å². The maximum Gasteiger partial charge on any atom is 0.285 e. The first-order valence-electron chi connectivity index (χ1n) is 6.31. The van der Waals surface area contributed by atoms with Crippen LogP contribution in [0.4, 0.5) is 5.69 Å². The summed E-state index contributed by atoms with van der Waals surface area (Å²) in [6.45, 7) is 5.05. The van der Waals surface area contributed by atoms with Gasteiger partial charge < -0.3 is 4.90 Å². The summed E-state index contributed by atoms with van der Waals surface area (Å²) in [6, 6.07) is 0. The van der Waals surface area contributed by atoms with Crippen LogP contribution < -0.4 is 10.5 Å². The lowest BCUT2D eigenvalue weighted by molar-refractivity contribution is 0.381. The number of hydrogen-bond donors (Lipinski definition) is 1. The van der Waals surface area contributed by atoms with Crippen molar-refractivity contribution >= 4 is 27.3 Å². The standard InChI is InChI=1S/C11H17ClN4O3S/c1-8(2)20(18,19)16-5-3-15(4-6-16)9-7-13-14-11(17)10(9)12/h7-8H,3-6H2,1-2H3,(H,14,17). The van der Waals surface area contributed by atoms with Crippen molar-refractivity contribution in [1.82, 2.24) is 14.5 Å². The Bertz CT molecular complexity index is 635. The molecular weight excluding hydrogens is 304 g/mol. The molecule has 1 N–H and O–H groups in total. The highest BCUT2D eigenvalue weighted by Crippen LogP contribution is 2.23. The van der Waals surface area contributed by atoms with Crippen LogP contribution in [-0.2, 0) is 10.0 Å². The first kappa shape index (κ1) is 15.3. The number of anilines is 1. The van der Waals surface area contributed by atoms with Crippen molar-refractivity contribution in [3.8, 4) is 0 Å². The van der Waals surface area contributed by atoms with Crippen LogP contribution in [-0.4, -0.2) is 54.3 Å². The number of aromatic amines is 1. The van der Waals surface area contributed by atoms with Crippen molar-refractivity contribution in [3.05, 3.63) is 21.6 Å². The highest BCUT2D eigenvalue weighted by atomic mass is 35.5. The van der Waals surface area contributed by atoms with Gasteiger partial charge in [-0.2, -0.15) is 9.40 Å². The minimum absolute atomic E-state index is 0.0835.